The van der Waals surface area contributed by atoms with Gasteiger partial charge in [0.2, 0.25) is 10.0 Å². The third-order valence-corrected chi connectivity index (χ3v) is 3.65. The van der Waals surface area contributed by atoms with Crippen LogP contribution < -0.4 is 0 Å². The number of rotatable bonds is 9. The van der Waals surface area contributed by atoms with Gasteiger partial charge >= 0.3 is 17.9 Å². The van der Waals surface area contributed by atoms with Gasteiger partial charge in [-0.3, -0.25) is 14.4 Å². The third-order valence-electron chi connectivity index (χ3n) is 1.89. The number of ether oxygens (including phenoxy) is 1. The number of carbonyl (C=O) groups excluding carboxylic acids is 1. The van der Waals surface area contributed by atoms with Gasteiger partial charge in [0.05, 0.1) is 18.8 Å². The Labute approximate surface area is 109 Å². The number of hydrogen-bond donors (Lipinski definition) is 2. The SMILES string of the molecule is CCOC(=O)CCS(=O)(=O)N(CC(=O)O)CC(=O)O. The van der Waals surface area contributed by atoms with Gasteiger partial charge in [0.25, 0.3) is 0 Å². The Morgan fingerprint density at radius 3 is 1.95 bits per heavy atom. The number of aliphatic carboxylic acids is 2. The van der Waals surface area contributed by atoms with E-state index in [9.17, 15) is 22.8 Å². The molecule has 0 aromatic carbocycles. The summed E-state index contributed by atoms with van der Waals surface area (Å²) >= 11 is 0. The highest BCUT2D eigenvalue weighted by atomic mass is 32.2. The lowest BCUT2D eigenvalue weighted by Gasteiger charge is -2.17. The molecule has 0 aliphatic carbocycles. The molecule has 0 aliphatic rings. The monoisotopic (exact) mass is 297 g/mol. The summed E-state index contributed by atoms with van der Waals surface area (Å²) in [5.41, 5.74) is 0. The molecule has 2 N–H and O–H groups in total. The summed E-state index contributed by atoms with van der Waals surface area (Å²) in [7, 11) is -4.16. The van der Waals surface area contributed by atoms with E-state index in [1.807, 2.05) is 0 Å². The van der Waals surface area contributed by atoms with E-state index in [1.54, 1.807) is 6.92 Å². The van der Waals surface area contributed by atoms with Gasteiger partial charge in [0, 0.05) is 0 Å². The van der Waals surface area contributed by atoms with Crippen molar-refractivity contribution in [3.8, 4) is 0 Å². The Bertz CT molecular complexity index is 427. The molecule has 0 rings (SSSR count). The zero-order valence-corrected chi connectivity index (χ0v) is 11.1. The van der Waals surface area contributed by atoms with Gasteiger partial charge in [0.15, 0.2) is 0 Å². The lowest BCUT2D eigenvalue weighted by atomic mass is 10.5. The maximum Gasteiger partial charge on any atom is 0.318 e. The molecule has 0 radical (unpaired) electrons. The Balaban J connectivity index is 4.73. The average Bonchev–Trinajstić information content (AvgIpc) is 2.25. The van der Waals surface area contributed by atoms with Gasteiger partial charge in [-0.25, -0.2) is 8.42 Å². The molecule has 0 fully saturated rings. The van der Waals surface area contributed by atoms with E-state index < -0.39 is 53.2 Å². The maximum absolute atomic E-state index is 11.7. The Morgan fingerprint density at radius 1 is 1.11 bits per heavy atom. The topological polar surface area (TPSA) is 138 Å². The van der Waals surface area contributed by atoms with Gasteiger partial charge in [-0.1, -0.05) is 0 Å². The molecule has 0 aromatic rings. The predicted molar refractivity (Wildman–Crippen MR) is 61.9 cm³/mol. The van der Waals surface area contributed by atoms with Crippen LogP contribution in [0, 0.1) is 0 Å². The quantitative estimate of drug-likeness (QED) is 0.503. The van der Waals surface area contributed by atoms with Crippen molar-refractivity contribution in [3.05, 3.63) is 0 Å². The van der Waals surface area contributed by atoms with E-state index in [1.165, 1.54) is 0 Å². The van der Waals surface area contributed by atoms with Crippen molar-refractivity contribution in [1.29, 1.82) is 0 Å². The van der Waals surface area contributed by atoms with Gasteiger partial charge in [0.1, 0.15) is 13.1 Å². The zero-order valence-electron chi connectivity index (χ0n) is 10.2. The fourth-order valence-electron chi connectivity index (χ4n) is 1.13. The summed E-state index contributed by atoms with van der Waals surface area (Å²) < 4.78 is 28.2. The van der Waals surface area contributed by atoms with E-state index in [2.05, 4.69) is 4.74 Å². The first kappa shape index (κ1) is 17.3. The predicted octanol–water partition coefficient (Wildman–Crippen LogP) is -1.26. The van der Waals surface area contributed by atoms with Crippen molar-refractivity contribution in [2.45, 2.75) is 13.3 Å². The molecule has 0 heterocycles. The number of esters is 1. The molecule has 0 amide bonds. The minimum atomic E-state index is -4.16. The molecule has 110 valence electrons. The van der Waals surface area contributed by atoms with Crippen molar-refractivity contribution < 1.29 is 37.8 Å². The van der Waals surface area contributed by atoms with Crippen LogP contribution in [0.15, 0.2) is 0 Å². The van der Waals surface area contributed by atoms with Crippen LogP contribution in [0.4, 0.5) is 0 Å². The molecule has 0 spiro atoms. The van der Waals surface area contributed by atoms with Crippen LogP contribution in [-0.2, 0) is 29.1 Å². The smallest absolute Gasteiger partial charge is 0.318 e. The van der Waals surface area contributed by atoms with E-state index in [0.29, 0.717) is 0 Å². The van der Waals surface area contributed by atoms with Crippen LogP contribution in [0.2, 0.25) is 0 Å². The molecule has 0 unspecified atom stereocenters. The lowest BCUT2D eigenvalue weighted by Crippen LogP contribution is -2.41. The lowest BCUT2D eigenvalue weighted by molar-refractivity contribution is -0.142. The highest BCUT2D eigenvalue weighted by Crippen LogP contribution is 2.04. The van der Waals surface area contributed by atoms with Gasteiger partial charge < -0.3 is 14.9 Å². The van der Waals surface area contributed by atoms with Crippen molar-refractivity contribution >= 4 is 27.9 Å². The van der Waals surface area contributed by atoms with Crippen LogP contribution in [0.5, 0.6) is 0 Å². The standard InChI is InChI=1S/C9H15NO8S/c1-2-18-9(15)3-4-19(16,17)10(5-7(11)12)6-8(13)14/h2-6H2,1H3,(H,11,12)(H,13,14). The molecular weight excluding hydrogens is 282 g/mol. The number of hydrogen-bond acceptors (Lipinski definition) is 6. The molecule has 10 heteroatoms. The second kappa shape index (κ2) is 7.69. The largest absolute Gasteiger partial charge is 0.480 e. The molecule has 0 atom stereocenters. The fourth-order valence-corrected chi connectivity index (χ4v) is 2.43. The summed E-state index contributed by atoms with van der Waals surface area (Å²) in [4.78, 5) is 32.0. The van der Waals surface area contributed by atoms with Crippen LogP contribution in [0.25, 0.3) is 0 Å². The summed E-state index contributed by atoms with van der Waals surface area (Å²) in [6.45, 7) is -0.310. The summed E-state index contributed by atoms with van der Waals surface area (Å²) in [6, 6.07) is 0. The number of nitrogens with zero attached hydrogens (tertiary/aromatic N) is 1. The molecule has 19 heavy (non-hydrogen) atoms. The van der Waals surface area contributed by atoms with Gasteiger partial charge in [-0.15, -0.1) is 0 Å². The molecule has 0 aliphatic heterocycles. The molecule has 9 nitrogen and oxygen atoms in total. The number of carboxylic acids is 2. The van der Waals surface area contributed by atoms with Gasteiger partial charge in [-0.05, 0) is 6.92 Å². The first-order chi connectivity index (χ1) is 8.69. The van der Waals surface area contributed by atoms with Crippen molar-refractivity contribution in [1.82, 2.24) is 4.31 Å². The van der Waals surface area contributed by atoms with Crippen LogP contribution >= 0.6 is 0 Å². The summed E-state index contributed by atoms with van der Waals surface area (Å²) in [5, 5.41) is 17.1. The van der Waals surface area contributed by atoms with E-state index in [-0.39, 0.29) is 10.9 Å². The van der Waals surface area contributed by atoms with Crippen LogP contribution in [-0.4, -0.2) is 66.3 Å². The first-order valence-corrected chi connectivity index (χ1v) is 6.87. The molecule has 0 saturated heterocycles. The fraction of sp³-hybridized carbons (Fsp3) is 0.667. The van der Waals surface area contributed by atoms with Gasteiger partial charge in [-0.2, -0.15) is 4.31 Å². The number of sulfonamides is 1. The zero-order chi connectivity index (χ0) is 15.1. The summed E-state index contributed by atoms with van der Waals surface area (Å²) in [6.07, 6.45) is -0.466. The molecule has 0 saturated carbocycles. The minimum absolute atomic E-state index is 0.0901. The first-order valence-electron chi connectivity index (χ1n) is 5.26. The van der Waals surface area contributed by atoms with Crippen LogP contribution in [0.1, 0.15) is 13.3 Å². The number of carboxylic acid groups (broad SMARTS) is 2. The molecule has 0 bridgehead atoms. The van der Waals surface area contributed by atoms with E-state index in [0.717, 1.165) is 0 Å². The second-order valence-electron chi connectivity index (χ2n) is 3.43. The van der Waals surface area contributed by atoms with E-state index >= 15 is 0 Å². The van der Waals surface area contributed by atoms with E-state index in [4.69, 9.17) is 10.2 Å². The third kappa shape index (κ3) is 7.36. The number of carbonyl (C=O) groups is 3. The normalized spacial score (nSPS) is 11.3. The Hall–Kier alpha value is -1.68. The highest BCUT2D eigenvalue weighted by Gasteiger charge is 2.27. The Morgan fingerprint density at radius 2 is 1.58 bits per heavy atom. The average molecular weight is 297 g/mol. The summed E-state index contributed by atoms with van der Waals surface area (Å²) in [5.74, 6) is -4.43. The van der Waals surface area contributed by atoms with Crippen LogP contribution in [0.3, 0.4) is 0 Å². The second-order valence-corrected chi connectivity index (χ2v) is 5.52. The van der Waals surface area contributed by atoms with Crippen molar-refractivity contribution in [2.75, 3.05) is 25.4 Å². The molecular formula is C9H15NO8S. The molecule has 0 aromatic heterocycles. The van der Waals surface area contributed by atoms with Crippen molar-refractivity contribution in [3.63, 3.8) is 0 Å². The Kier molecular flexibility index (Phi) is 7.01. The highest BCUT2D eigenvalue weighted by molar-refractivity contribution is 7.89. The maximum atomic E-state index is 11.7. The minimum Gasteiger partial charge on any atom is -0.480 e. The van der Waals surface area contributed by atoms with Crippen molar-refractivity contribution in [2.24, 2.45) is 0 Å².